The maximum atomic E-state index is 13.0. The molecule has 2 aliphatic rings. The topological polar surface area (TPSA) is 63.4 Å². The first kappa shape index (κ1) is 15.0. The molecule has 0 spiro atoms. The van der Waals surface area contributed by atoms with E-state index in [9.17, 15) is 14.0 Å². The molecule has 3 rings (SSSR count). The largest absolute Gasteiger partial charge is 0.369 e. The number of hydrogen-bond acceptors (Lipinski definition) is 2. The normalized spacial score (nSPS) is 30.9. The summed E-state index contributed by atoms with van der Waals surface area (Å²) in [6, 6.07) is 6.51. The molecule has 1 aromatic carbocycles. The lowest BCUT2D eigenvalue weighted by Crippen LogP contribution is -2.49. The van der Waals surface area contributed by atoms with Gasteiger partial charge in [-0.1, -0.05) is 12.1 Å². The van der Waals surface area contributed by atoms with Crippen LogP contribution in [0.1, 0.15) is 37.7 Å². The Bertz CT molecular complexity index is 587. The summed E-state index contributed by atoms with van der Waals surface area (Å²) >= 11 is 0. The summed E-state index contributed by atoms with van der Waals surface area (Å²) < 4.78 is 13.0. The molecule has 1 saturated carbocycles. The van der Waals surface area contributed by atoms with Crippen molar-refractivity contribution in [1.82, 2.24) is 4.90 Å². The Morgan fingerprint density at radius 3 is 2.55 bits per heavy atom. The third kappa shape index (κ3) is 2.85. The van der Waals surface area contributed by atoms with Crippen LogP contribution < -0.4 is 5.73 Å². The van der Waals surface area contributed by atoms with Crippen LogP contribution in [0.3, 0.4) is 0 Å². The van der Waals surface area contributed by atoms with E-state index in [0.29, 0.717) is 6.54 Å². The lowest BCUT2D eigenvalue weighted by atomic mass is 9.92. The Hall–Kier alpha value is -1.91. The lowest BCUT2D eigenvalue weighted by Gasteiger charge is -2.37. The number of hydrogen-bond donors (Lipinski definition) is 1. The van der Waals surface area contributed by atoms with Gasteiger partial charge >= 0.3 is 0 Å². The molecule has 4 nitrogen and oxygen atoms in total. The number of halogens is 1. The Kier molecular flexibility index (Phi) is 3.89. The van der Waals surface area contributed by atoms with Crippen molar-refractivity contribution < 1.29 is 14.0 Å². The summed E-state index contributed by atoms with van der Waals surface area (Å²) in [6.45, 7) is 2.45. The zero-order chi connectivity index (χ0) is 15.9. The molecular formula is C17H21FN2O2. The second kappa shape index (κ2) is 5.71. The monoisotopic (exact) mass is 304 g/mol. The van der Waals surface area contributed by atoms with Gasteiger partial charge in [-0.3, -0.25) is 9.59 Å². The number of primary amides is 1. The van der Waals surface area contributed by atoms with Crippen LogP contribution in [0.4, 0.5) is 4.39 Å². The highest BCUT2D eigenvalue weighted by molar-refractivity contribution is 5.84. The summed E-state index contributed by atoms with van der Waals surface area (Å²) in [4.78, 5) is 25.9. The van der Waals surface area contributed by atoms with Gasteiger partial charge in [-0.25, -0.2) is 4.39 Å². The minimum atomic E-state index is -0.324. The number of carbonyl (C=O) groups excluding carboxylic acids is 2. The van der Waals surface area contributed by atoms with Crippen molar-refractivity contribution in [3.8, 4) is 0 Å². The third-order valence-electron chi connectivity index (χ3n) is 4.97. The summed E-state index contributed by atoms with van der Waals surface area (Å²) in [6.07, 6.45) is 2.37. The van der Waals surface area contributed by atoms with Crippen LogP contribution in [0.25, 0.3) is 0 Å². The van der Waals surface area contributed by atoms with E-state index in [2.05, 4.69) is 0 Å². The molecule has 1 aromatic rings. The third-order valence-corrected chi connectivity index (χ3v) is 4.97. The van der Waals surface area contributed by atoms with Gasteiger partial charge in [0.05, 0.1) is 5.92 Å². The van der Waals surface area contributed by atoms with E-state index in [1.165, 1.54) is 12.1 Å². The first-order valence-electron chi connectivity index (χ1n) is 7.82. The zero-order valence-electron chi connectivity index (χ0n) is 12.7. The molecule has 0 radical (unpaired) electrons. The van der Waals surface area contributed by atoms with Crippen LogP contribution in [0, 0.1) is 17.7 Å². The Morgan fingerprint density at radius 2 is 1.91 bits per heavy atom. The predicted molar refractivity (Wildman–Crippen MR) is 80.3 cm³/mol. The molecule has 2 N–H and O–H groups in total. The smallest absolute Gasteiger partial charge is 0.226 e. The van der Waals surface area contributed by atoms with Gasteiger partial charge in [0.15, 0.2) is 0 Å². The Labute approximate surface area is 129 Å². The van der Waals surface area contributed by atoms with Gasteiger partial charge in [0.1, 0.15) is 5.82 Å². The number of piperidine rings is 1. The van der Waals surface area contributed by atoms with Gasteiger partial charge in [-0.15, -0.1) is 0 Å². The number of nitrogens with zero attached hydrogens (tertiary/aromatic N) is 1. The van der Waals surface area contributed by atoms with Crippen LogP contribution in [0.5, 0.6) is 0 Å². The van der Waals surface area contributed by atoms with Gasteiger partial charge in [0, 0.05) is 18.5 Å². The van der Waals surface area contributed by atoms with E-state index in [0.717, 1.165) is 24.8 Å². The highest BCUT2D eigenvalue weighted by atomic mass is 19.1. The molecule has 5 heteroatoms. The first-order chi connectivity index (χ1) is 10.5. The molecule has 2 fully saturated rings. The molecular weight excluding hydrogens is 283 g/mol. The van der Waals surface area contributed by atoms with Crippen LogP contribution in [-0.4, -0.2) is 29.3 Å². The van der Waals surface area contributed by atoms with E-state index in [1.807, 2.05) is 11.8 Å². The van der Waals surface area contributed by atoms with Gasteiger partial charge in [0.25, 0.3) is 0 Å². The van der Waals surface area contributed by atoms with Gasteiger partial charge in [-0.05, 0) is 49.8 Å². The molecule has 2 amide bonds. The predicted octanol–water partition coefficient (Wildman–Crippen LogP) is 2.04. The molecule has 0 unspecified atom stereocenters. The molecule has 4 atom stereocenters. The van der Waals surface area contributed by atoms with E-state index < -0.39 is 0 Å². The molecule has 1 saturated heterocycles. The van der Waals surface area contributed by atoms with E-state index in [-0.39, 0.29) is 41.4 Å². The molecule has 0 aromatic heterocycles. The second-order valence-electron chi connectivity index (χ2n) is 6.52. The van der Waals surface area contributed by atoms with Crippen LogP contribution in [-0.2, 0) is 9.59 Å². The molecule has 1 aliphatic carbocycles. The van der Waals surface area contributed by atoms with Crippen molar-refractivity contribution in [3.63, 3.8) is 0 Å². The van der Waals surface area contributed by atoms with Crippen molar-refractivity contribution in [3.05, 3.63) is 35.6 Å². The molecule has 1 heterocycles. The van der Waals surface area contributed by atoms with Gasteiger partial charge in [-0.2, -0.15) is 0 Å². The number of carbonyl (C=O) groups is 2. The van der Waals surface area contributed by atoms with E-state index in [4.69, 9.17) is 5.73 Å². The lowest BCUT2D eigenvalue weighted by molar-refractivity contribution is -0.138. The SMILES string of the molecule is C[C@@H]1CC[C@H](C(N)=O)CN1C(=O)[C@H]1C[C@H]1c1ccc(F)cc1. The quantitative estimate of drug-likeness (QED) is 0.929. The van der Waals surface area contributed by atoms with Crippen LogP contribution in [0.15, 0.2) is 24.3 Å². The van der Waals surface area contributed by atoms with Gasteiger partial charge < -0.3 is 10.6 Å². The Balaban J connectivity index is 1.67. The number of amides is 2. The summed E-state index contributed by atoms with van der Waals surface area (Å²) in [5.74, 6) is -0.582. The standard InChI is InChI=1S/C17H21FN2O2/c1-10-2-3-12(16(19)21)9-20(10)17(22)15-8-14(15)11-4-6-13(18)7-5-11/h4-7,10,12,14-15H,2-3,8-9H2,1H3,(H2,19,21)/t10-,12+,14+,15+/m1/s1. The van der Waals surface area contributed by atoms with Crippen molar-refractivity contribution in [1.29, 1.82) is 0 Å². The number of benzene rings is 1. The van der Waals surface area contributed by atoms with Crippen LogP contribution >= 0.6 is 0 Å². The average molecular weight is 304 g/mol. The number of rotatable bonds is 3. The highest BCUT2D eigenvalue weighted by Crippen LogP contribution is 2.49. The Morgan fingerprint density at radius 1 is 1.23 bits per heavy atom. The molecule has 1 aliphatic heterocycles. The van der Waals surface area contributed by atoms with Crippen molar-refractivity contribution in [2.24, 2.45) is 17.6 Å². The summed E-state index contributed by atoms with van der Waals surface area (Å²) in [7, 11) is 0. The van der Waals surface area contributed by atoms with Gasteiger partial charge in [0.2, 0.25) is 11.8 Å². The fourth-order valence-corrected chi connectivity index (χ4v) is 3.41. The van der Waals surface area contributed by atoms with Crippen molar-refractivity contribution in [2.45, 2.75) is 38.1 Å². The van der Waals surface area contributed by atoms with E-state index >= 15 is 0 Å². The van der Waals surface area contributed by atoms with E-state index in [1.54, 1.807) is 12.1 Å². The zero-order valence-corrected chi connectivity index (χ0v) is 12.7. The number of likely N-dealkylation sites (tertiary alicyclic amines) is 1. The van der Waals surface area contributed by atoms with Crippen molar-refractivity contribution >= 4 is 11.8 Å². The maximum Gasteiger partial charge on any atom is 0.226 e. The van der Waals surface area contributed by atoms with Crippen LogP contribution in [0.2, 0.25) is 0 Å². The summed E-state index contributed by atoms with van der Waals surface area (Å²) in [5.41, 5.74) is 6.40. The fourth-order valence-electron chi connectivity index (χ4n) is 3.41. The second-order valence-corrected chi connectivity index (χ2v) is 6.52. The molecule has 118 valence electrons. The maximum absolute atomic E-state index is 13.0. The highest BCUT2D eigenvalue weighted by Gasteiger charge is 2.47. The average Bonchev–Trinajstić information content (AvgIpc) is 3.28. The fraction of sp³-hybridized carbons (Fsp3) is 0.529. The minimum absolute atomic E-state index is 0.0421. The minimum Gasteiger partial charge on any atom is -0.369 e. The number of nitrogens with two attached hydrogens (primary N) is 1. The molecule has 22 heavy (non-hydrogen) atoms. The molecule has 0 bridgehead atoms. The summed E-state index contributed by atoms with van der Waals surface area (Å²) in [5, 5.41) is 0. The first-order valence-corrected chi connectivity index (χ1v) is 7.82. The van der Waals surface area contributed by atoms with Crippen molar-refractivity contribution in [2.75, 3.05) is 6.54 Å².